The number of carbonyl (C=O) groups is 1. The van der Waals surface area contributed by atoms with Crippen molar-refractivity contribution in [1.82, 2.24) is 5.32 Å². The molecule has 1 rings (SSSR count). The van der Waals surface area contributed by atoms with Crippen LogP contribution in [-0.4, -0.2) is 87.5 Å². The molecule has 1 fully saturated rings. The molecule has 58 heavy (non-hydrogen) atoms. The van der Waals surface area contributed by atoms with Crippen LogP contribution >= 0.6 is 0 Å². The van der Waals surface area contributed by atoms with E-state index in [1.54, 1.807) is 6.08 Å². The van der Waals surface area contributed by atoms with Gasteiger partial charge in [0.1, 0.15) is 24.4 Å². The maximum Gasteiger partial charge on any atom is 0.220 e. The van der Waals surface area contributed by atoms with Gasteiger partial charge in [-0.05, 0) is 70.6 Å². The molecular weight excluding hydrogens is 731 g/mol. The van der Waals surface area contributed by atoms with Crippen molar-refractivity contribution < 1.29 is 39.8 Å². The van der Waals surface area contributed by atoms with Crippen LogP contribution in [0.2, 0.25) is 0 Å². The molecule has 7 unspecified atom stereocenters. The summed E-state index contributed by atoms with van der Waals surface area (Å²) in [5.41, 5.74) is 0. The molecule has 0 saturated carbocycles. The van der Waals surface area contributed by atoms with Crippen LogP contribution in [0.5, 0.6) is 0 Å². The number of ether oxygens (including phenoxy) is 2. The van der Waals surface area contributed by atoms with Crippen molar-refractivity contribution in [3.8, 4) is 0 Å². The largest absolute Gasteiger partial charge is 0.394 e. The number of aliphatic hydroxyl groups is 5. The summed E-state index contributed by atoms with van der Waals surface area (Å²) < 4.78 is 11.2. The van der Waals surface area contributed by atoms with Crippen molar-refractivity contribution >= 4 is 5.91 Å². The molecule has 0 aromatic heterocycles. The molecule has 6 N–H and O–H groups in total. The van der Waals surface area contributed by atoms with Crippen molar-refractivity contribution in [3.05, 3.63) is 60.8 Å². The minimum Gasteiger partial charge on any atom is -0.394 e. The Morgan fingerprint density at radius 1 is 0.603 bits per heavy atom. The fourth-order valence-electron chi connectivity index (χ4n) is 7.05. The highest BCUT2D eigenvalue weighted by Gasteiger charge is 2.44. The van der Waals surface area contributed by atoms with Gasteiger partial charge in [0.2, 0.25) is 5.91 Å². The number of hydrogen-bond acceptors (Lipinski definition) is 8. The molecule has 1 heterocycles. The third-order valence-electron chi connectivity index (χ3n) is 10.8. The molecule has 336 valence electrons. The average Bonchev–Trinajstić information content (AvgIpc) is 3.22. The van der Waals surface area contributed by atoms with E-state index < -0.39 is 49.5 Å². The van der Waals surface area contributed by atoms with Crippen molar-refractivity contribution in [2.24, 2.45) is 0 Å². The molecule has 9 nitrogen and oxygen atoms in total. The first-order chi connectivity index (χ1) is 28.3. The molecule has 0 aliphatic carbocycles. The molecule has 1 aliphatic rings. The lowest BCUT2D eigenvalue weighted by Crippen LogP contribution is -2.60. The van der Waals surface area contributed by atoms with E-state index in [1.165, 1.54) is 103 Å². The lowest BCUT2D eigenvalue weighted by Gasteiger charge is -2.40. The van der Waals surface area contributed by atoms with Gasteiger partial charge in [-0.15, -0.1) is 0 Å². The Labute approximate surface area is 354 Å². The number of allylic oxidation sites excluding steroid dienone is 9. The zero-order valence-electron chi connectivity index (χ0n) is 36.8. The number of carbonyl (C=O) groups excluding carboxylic acids is 1. The monoisotopic (exact) mass is 818 g/mol. The van der Waals surface area contributed by atoms with E-state index >= 15 is 0 Å². The lowest BCUT2D eigenvalue weighted by atomic mass is 9.99. The van der Waals surface area contributed by atoms with Crippen LogP contribution in [0.4, 0.5) is 0 Å². The molecule has 0 aromatic carbocycles. The Balaban J connectivity index is 2.33. The number of aliphatic hydroxyl groups excluding tert-OH is 5. The second-order valence-electron chi connectivity index (χ2n) is 16.1. The van der Waals surface area contributed by atoms with Crippen LogP contribution in [0.25, 0.3) is 0 Å². The molecule has 1 saturated heterocycles. The number of rotatable bonds is 38. The number of hydrogen-bond donors (Lipinski definition) is 6. The molecule has 0 radical (unpaired) electrons. The minimum atomic E-state index is -1.57. The highest BCUT2D eigenvalue weighted by Crippen LogP contribution is 2.22. The number of unbranched alkanes of at least 4 members (excludes halogenated alkanes) is 20. The maximum absolute atomic E-state index is 13.0. The lowest BCUT2D eigenvalue weighted by molar-refractivity contribution is -0.302. The first kappa shape index (κ1) is 53.9. The summed E-state index contributed by atoms with van der Waals surface area (Å²) in [5.74, 6) is -0.194. The van der Waals surface area contributed by atoms with E-state index in [9.17, 15) is 30.3 Å². The smallest absolute Gasteiger partial charge is 0.220 e. The number of amides is 1. The van der Waals surface area contributed by atoms with Crippen LogP contribution in [0.1, 0.15) is 187 Å². The van der Waals surface area contributed by atoms with E-state index in [2.05, 4.69) is 67.8 Å². The summed E-state index contributed by atoms with van der Waals surface area (Å²) in [6.07, 6.45) is 44.1. The maximum atomic E-state index is 13.0. The van der Waals surface area contributed by atoms with Gasteiger partial charge in [0.05, 0.1) is 25.4 Å². The highest BCUT2D eigenvalue weighted by molar-refractivity contribution is 5.76. The normalized spacial score (nSPS) is 21.4. The average molecular weight is 818 g/mol. The van der Waals surface area contributed by atoms with E-state index in [0.29, 0.717) is 6.42 Å². The van der Waals surface area contributed by atoms with Gasteiger partial charge in [0, 0.05) is 6.42 Å². The van der Waals surface area contributed by atoms with Crippen molar-refractivity contribution in [3.63, 3.8) is 0 Å². The third-order valence-corrected chi connectivity index (χ3v) is 10.8. The van der Waals surface area contributed by atoms with E-state index in [4.69, 9.17) is 9.47 Å². The van der Waals surface area contributed by atoms with Gasteiger partial charge in [-0.2, -0.15) is 0 Å². The van der Waals surface area contributed by atoms with Crippen LogP contribution in [0.3, 0.4) is 0 Å². The molecule has 1 aliphatic heterocycles. The van der Waals surface area contributed by atoms with Gasteiger partial charge in [0.25, 0.3) is 0 Å². The quantitative estimate of drug-likeness (QED) is 0.0267. The predicted octanol–water partition coefficient (Wildman–Crippen LogP) is 10.0. The SMILES string of the molecule is CC/C=C\C/C=C\CCCCCCCCCCCCCCCCC(=O)NC(COC1OC(CO)C(O)C(O)C1O)C(O)/C=C/CC/C=C/CC/C=C/CCCCCC. The number of nitrogens with one attached hydrogen (secondary N) is 1. The Morgan fingerprint density at radius 3 is 1.64 bits per heavy atom. The molecule has 0 spiro atoms. The van der Waals surface area contributed by atoms with Crippen LogP contribution in [0.15, 0.2) is 60.8 Å². The van der Waals surface area contributed by atoms with Gasteiger partial charge >= 0.3 is 0 Å². The van der Waals surface area contributed by atoms with Gasteiger partial charge in [-0.1, -0.05) is 171 Å². The van der Waals surface area contributed by atoms with Crippen molar-refractivity contribution in [1.29, 1.82) is 0 Å². The summed E-state index contributed by atoms with van der Waals surface area (Å²) in [4.78, 5) is 13.0. The summed E-state index contributed by atoms with van der Waals surface area (Å²) >= 11 is 0. The fraction of sp³-hybridized carbons (Fsp3) is 0.776. The standard InChI is InChI=1S/C49H87NO8/c1-3-5-7-9-11-13-15-17-19-20-21-22-23-24-25-27-29-31-33-35-37-39-45(53)50-42(41-57-49-48(56)47(55)46(54)44(40-51)58-49)43(52)38-36-34-32-30-28-26-18-16-14-12-10-8-6-4-2/h5,7,11,13-14,16,28,30,36,38,42-44,46-49,51-52,54-56H,3-4,6,8-10,12,15,17-27,29,31-35,37,39-41H2,1-2H3,(H,50,53)/b7-5-,13-11-,16-14+,30-28+,38-36+. The summed E-state index contributed by atoms with van der Waals surface area (Å²) in [6.45, 7) is 3.62. The molecular formula is C49H87NO8. The first-order valence-electron chi connectivity index (χ1n) is 23.5. The van der Waals surface area contributed by atoms with Crippen molar-refractivity contribution in [2.75, 3.05) is 13.2 Å². The Kier molecular flexibility index (Phi) is 36.3. The van der Waals surface area contributed by atoms with Crippen LogP contribution in [-0.2, 0) is 14.3 Å². The highest BCUT2D eigenvalue weighted by atomic mass is 16.7. The first-order valence-corrected chi connectivity index (χ1v) is 23.5. The van der Waals surface area contributed by atoms with Gasteiger partial charge in [-0.3, -0.25) is 4.79 Å². The van der Waals surface area contributed by atoms with E-state index in [0.717, 1.165) is 64.2 Å². The van der Waals surface area contributed by atoms with Gasteiger partial charge in [-0.25, -0.2) is 0 Å². The Hall–Kier alpha value is -2.11. The Bertz CT molecular complexity index is 1090. The molecule has 1 amide bonds. The molecule has 7 atom stereocenters. The summed E-state index contributed by atoms with van der Waals surface area (Å²) in [5, 5.41) is 54.2. The van der Waals surface area contributed by atoms with E-state index in [1.807, 2.05) is 6.08 Å². The van der Waals surface area contributed by atoms with Crippen LogP contribution in [0, 0.1) is 0 Å². The molecule has 0 bridgehead atoms. The fourth-order valence-corrected chi connectivity index (χ4v) is 7.05. The van der Waals surface area contributed by atoms with Crippen LogP contribution < -0.4 is 5.32 Å². The molecule has 0 aromatic rings. The summed E-state index contributed by atoms with van der Waals surface area (Å²) in [6, 6.07) is -0.828. The molecule has 9 heteroatoms. The summed E-state index contributed by atoms with van der Waals surface area (Å²) in [7, 11) is 0. The zero-order valence-corrected chi connectivity index (χ0v) is 36.8. The topological polar surface area (TPSA) is 149 Å². The zero-order chi connectivity index (χ0) is 42.3. The van der Waals surface area contributed by atoms with E-state index in [-0.39, 0.29) is 12.5 Å². The van der Waals surface area contributed by atoms with Gasteiger partial charge < -0.3 is 40.3 Å². The second kappa shape index (κ2) is 39.1. The van der Waals surface area contributed by atoms with Crippen molar-refractivity contribution in [2.45, 2.75) is 230 Å². The second-order valence-corrected chi connectivity index (χ2v) is 16.1. The predicted molar refractivity (Wildman–Crippen MR) is 239 cm³/mol. The minimum absolute atomic E-state index is 0.194. The van der Waals surface area contributed by atoms with Gasteiger partial charge in [0.15, 0.2) is 6.29 Å². The Morgan fingerprint density at radius 2 is 1.09 bits per heavy atom. The third kappa shape index (κ3) is 29.2.